The number of aryl methyl sites for hydroxylation is 1. The maximum atomic E-state index is 11.1. The van der Waals surface area contributed by atoms with Gasteiger partial charge in [0.1, 0.15) is 5.69 Å². The first kappa shape index (κ1) is 17.0. The molecule has 0 atom stereocenters. The number of nitrogens with one attached hydrogen (secondary N) is 2. The van der Waals surface area contributed by atoms with E-state index in [2.05, 4.69) is 25.5 Å². The molecule has 0 saturated heterocycles. The van der Waals surface area contributed by atoms with Crippen molar-refractivity contribution >= 4 is 30.2 Å². The van der Waals surface area contributed by atoms with Gasteiger partial charge in [-0.15, -0.1) is 0 Å². The van der Waals surface area contributed by atoms with Crippen molar-refractivity contribution in [1.82, 2.24) is 25.1 Å². The standard InChI is InChI=1S/C17H15N7O2S/c25-24(26)14-9-2-1-5-11(14)6-4-10-18-23-16(21-22-17(23)27)15-12-7-3-8-13(12)19-20-15/h1-2,4-6,9-10H,3,7-8H2,(H,19,20)(H,22,27)/b6-4+,18-10+. The van der Waals surface area contributed by atoms with Crippen LogP contribution in [0.1, 0.15) is 23.2 Å². The summed E-state index contributed by atoms with van der Waals surface area (Å²) in [6, 6.07) is 6.50. The molecule has 136 valence electrons. The van der Waals surface area contributed by atoms with Gasteiger partial charge in [-0.1, -0.05) is 12.1 Å². The molecule has 0 aliphatic heterocycles. The molecule has 1 aliphatic rings. The van der Waals surface area contributed by atoms with Gasteiger partial charge in [-0.2, -0.15) is 20.0 Å². The molecule has 9 nitrogen and oxygen atoms in total. The topological polar surface area (TPSA) is 118 Å². The monoisotopic (exact) mass is 381 g/mol. The van der Waals surface area contributed by atoms with Crippen LogP contribution in [0.5, 0.6) is 0 Å². The lowest BCUT2D eigenvalue weighted by atomic mass is 10.2. The van der Waals surface area contributed by atoms with Crippen LogP contribution in [0.25, 0.3) is 17.6 Å². The number of allylic oxidation sites excluding steroid dienone is 1. The van der Waals surface area contributed by atoms with E-state index in [9.17, 15) is 10.1 Å². The highest BCUT2D eigenvalue weighted by Crippen LogP contribution is 2.29. The normalized spacial score (nSPS) is 13.6. The highest BCUT2D eigenvalue weighted by Gasteiger charge is 2.23. The van der Waals surface area contributed by atoms with Gasteiger partial charge in [-0.05, 0) is 49.7 Å². The summed E-state index contributed by atoms with van der Waals surface area (Å²) in [6.45, 7) is 0. The average molecular weight is 381 g/mol. The van der Waals surface area contributed by atoms with Crippen molar-refractivity contribution in [1.29, 1.82) is 0 Å². The van der Waals surface area contributed by atoms with Crippen molar-refractivity contribution in [3.05, 3.63) is 62.0 Å². The quantitative estimate of drug-likeness (QED) is 0.304. The van der Waals surface area contributed by atoms with Gasteiger partial charge >= 0.3 is 0 Å². The molecule has 2 aromatic heterocycles. The van der Waals surface area contributed by atoms with Crippen LogP contribution >= 0.6 is 12.2 Å². The molecule has 27 heavy (non-hydrogen) atoms. The second kappa shape index (κ2) is 7.08. The highest BCUT2D eigenvalue weighted by molar-refractivity contribution is 7.71. The van der Waals surface area contributed by atoms with Crippen molar-refractivity contribution < 1.29 is 4.92 Å². The van der Waals surface area contributed by atoms with Gasteiger partial charge in [0, 0.05) is 23.5 Å². The lowest BCUT2D eigenvalue weighted by Gasteiger charge is -1.99. The number of aromatic amines is 2. The van der Waals surface area contributed by atoms with Crippen molar-refractivity contribution in [3.8, 4) is 11.5 Å². The van der Waals surface area contributed by atoms with Gasteiger partial charge in [-0.25, -0.2) is 5.10 Å². The second-order valence-electron chi connectivity index (χ2n) is 5.99. The van der Waals surface area contributed by atoms with E-state index < -0.39 is 4.92 Å². The minimum absolute atomic E-state index is 0.0369. The molecule has 1 aliphatic carbocycles. The third kappa shape index (κ3) is 3.22. The van der Waals surface area contributed by atoms with Gasteiger partial charge in [0.05, 0.1) is 10.5 Å². The van der Waals surface area contributed by atoms with E-state index in [0.29, 0.717) is 16.2 Å². The molecule has 0 spiro atoms. The predicted molar refractivity (Wildman–Crippen MR) is 103 cm³/mol. The number of nitro benzene ring substituents is 1. The first-order valence-electron chi connectivity index (χ1n) is 8.33. The van der Waals surface area contributed by atoms with Gasteiger partial charge in [0.2, 0.25) is 10.6 Å². The molecule has 0 radical (unpaired) electrons. The Labute approximate surface area is 158 Å². The number of para-hydroxylation sites is 1. The number of nitro groups is 1. The fourth-order valence-electron chi connectivity index (χ4n) is 3.10. The Morgan fingerprint density at radius 2 is 2.11 bits per heavy atom. The fraction of sp³-hybridized carbons (Fsp3) is 0.176. The third-order valence-electron chi connectivity index (χ3n) is 4.35. The summed E-state index contributed by atoms with van der Waals surface area (Å²) in [5.41, 5.74) is 3.56. The molecule has 1 aromatic carbocycles. The Morgan fingerprint density at radius 3 is 2.96 bits per heavy atom. The molecule has 0 bridgehead atoms. The molecule has 10 heteroatoms. The van der Waals surface area contributed by atoms with Crippen molar-refractivity contribution in [3.63, 3.8) is 0 Å². The smallest absolute Gasteiger partial charge is 0.276 e. The highest BCUT2D eigenvalue weighted by atomic mass is 32.1. The Hall–Kier alpha value is -3.40. The van der Waals surface area contributed by atoms with Crippen LogP contribution < -0.4 is 0 Å². The molecule has 0 amide bonds. The van der Waals surface area contributed by atoms with Crippen LogP contribution in [0.4, 0.5) is 5.69 Å². The SMILES string of the molecule is O=[N+]([O-])c1ccccc1/C=C/C=N/n1c(-c2n[nH]c3c2CCC3)n[nH]c1=S. The van der Waals surface area contributed by atoms with Crippen LogP contribution in [0, 0.1) is 14.9 Å². The number of hydrogen-bond acceptors (Lipinski definition) is 6. The van der Waals surface area contributed by atoms with Crippen LogP contribution in [0.3, 0.4) is 0 Å². The molecule has 3 aromatic rings. The Morgan fingerprint density at radius 1 is 1.26 bits per heavy atom. The van der Waals surface area contributed by atoms with Crippen LogP contribution in [-0.4, -0.2) is 36.2 Å². The van der Waals surface area contributed by atoms with Gasteiger partial charge in [-0.3, -0.25) is 15.2 Å². The number of hydrogen-bond donors (Lipinski definition) is 2. The van der Waals surface area contributed by atoms with E-state index in [1.807, 2.05) is 0 Å². The fourth-order valence-corrected chi connectivity index (χ4v) is 3.28. The van der Waals surface area contributed by atoms with Gasteiger partial charge < -0.3 is 0 Å². The number of benzene rings is 1. The van der Waals surface area contributed by atoms with Crippen LogP contribution in [0.15, 0.2) is 35.4 Å². The minimum Gasteiger partial charge on any atom is -0.282 e. The van der Waals surface area contributed by atoms with Crippen molar-refractivity contribution in [2.45, 2.75) is 19.3 Å². The molecular formula is C17H15N7O2S. The van der Waals surface area contributed by atoms with E-state index in [0.717, 1.165) is 36.2 Å². The van der Waals surface area contributed by atoms with Gasteiger partial charge in [0.15, 0.2) is 0 Å². The van der Waals surface area contributed by atoms with Crippen molar-refractivity contribution in [2.75, 3.05) is 0 Å². The lowest BCUT2D eigenvalue weighted by Crippen LogP contribution is -1.96. The number of fused-ring (bicyclic) bond motifs is 1. The largest absolute Gasteiger partial charge is 0.282 e. The second-order valence-corrected chi connectivity index (χ2v) is 6.37. The number of rotatable bonds is 5. The molecule has 0 saturated carbocycles. The zero-order chi connectivity index (χ0) is 18.8. The number of aromatic nitrogens is 5. The van der Waals surface area contributed by atoms with E-state index in [1.165, 1.54) is 17.0 Å². The molecular weight excluding hydrogens is 366 g/mol. The summed E-state index contributed by atoms with van der Waals surface area (Å²) in [6.07, 6.45) is 7.77. The minimum atomic E-state index is -0.417. The summed E-state index contributed by atoms with van der Waals surface area (Å²) >= 11 is 5.25. The van der Waals surface area contributed by atoms with Crippen molar-refractivity contribution in [2.24, 2.45) is 5.10 Å². The molecule has 0 unspecified atom stereocenters. The first-order valence-corrected chi connectivity index (χ1v) is 8.74. The lowest BCUT2D eigenvalue weighted by molar-refractivity contribution is -0.385. The molecule has 4 rings (SSSR count). The van der Waals surface area contributed by atoms with E-state index >= 15 is 0 Å². The summed E-state index contributed by atoms with van der Waals surface area (Å²) in [7, 11) is 0. The van der Waals surface area contributed by atoms with Crippen LogP contribution in [0.2, 0.25) is 0 Å². The Balaban J connectivity index is 1.62. The Bertz CT molecular complexity index is 1120. The number of H-pyrrole nitrogens is 2. The van der Waals surface area contributed by atoms with E-state index in [-0.39, 0.29) is 5.69 Å². The maximum absolute atomic E-state index is 11.1. The zero-order valence-electron chi connectivity index (χ0n) is 14.1. The number of nitrogens with zero attached hydrogens (tertiary/aromatic N) is 5. The predicted octanol–water partition coefficient (Wildman–Crippen LogP) is 3.27. The first-order chi connectivity index (χ1) is 13.1. The molecule has 0 fully saturated rings. The summed E-state index contributed by atoms with van der Waals surface area (Å²) in [5.74, 6) is 0.537. The van der Waals surface area contributed by atoms with E-state index in [1.54, 1.807) is 30.4 Å². The third-order valence-corrected chi connectivity index (χ3v) is 4.61. The summed E-state index contributed by atoms with van der Waals surface area (Å²) < 4.78 is 1.84. The summed E-state index contributed by atoms with van der Waals surface area (Å²) in [4.78, 5) is 10.6. The van der Waals surface area contributed by atoms with E-state index in [4.69, 9.17) is 12.2 Å². The van der Waals surface area contributed by atoms with Gasteiger partial charge in [0.25, 0.3) is 5.69 Å². The Kier molecular flexibility index (Phi) is 4.47. The maximum Gasteiger partial charge on any atom is 0.276 e. The molecule has 2 heterocycles. The van der Waals surface area contributed by atoms with Crippen LogP contribution in [-0.2, 0) is 12.8 Å². The average Bonchev–Trinajstić information content (AvgIpc) is 3.35. The zero-order valence-corrected chi connectivity index (χ0v) is 14.9. The summed E-state index contributed by atoms with van der Waals surface area (Å²) in [5, 5.41) is 29.7. The molecule has 2 N–H and O–H groups in total.